The number of hydrogen-bond donors (Lipinski definition) is 2. The van der Waals surface area contributed by atoms with Crippen LogP contribution in [-0.2, 0) is 16.0 Å². The van der Waals surface area contributed by atoms with Crippen LogP contribution in [0, 0.1) is 11.7 Å². The first kappa shape index (κ1) is 18.4. The van der Waals surface area contributed by atoms with Crippen LogP contribution in [0.4, 0.5) is 4.39 Å². The summed E-state index contributed by atoms with van der Waals surface area (Å²) in [6.45, 7) is 2.86. The molecule has 1 fully saturated rings. The Kier molecular flexibility index (Phi) is 6.73. The normalized spacial score (nSPS) is 19.0. The highest BCUT2D eigenvalue weighted by Crippen LogP contribution is 2.18. The van der Waals surface area contributed by atoms with Gasteiger partial charge in [0.1, 0.15) is 5.82 Å². The molecule has 1 aliphatic heterocycles. The molecule has 0 radical (unpaired) electrons. The molecule has 1 unspecified atom stereocenters. The second-order valence-corrected chi connectivity index (χ2v) is 6.28. The molecule has 2 N–H and O–H groups in total. The van der Waals surface area contributed by atoms with Crippen molar-refractivity contribution in [3.63, 3.8) is 0 Å². The van der Waals surface area contributed by atoms with Crippen LogP contribution < -0.4 is 5.32 Å². The van der Waals surface area contributed by atoms with E-state index in [4.69, 9.17) is 0 Å². The lowest BCUT2D eigenvalue weighted by Gasteiger charge is -2.33. The Balaban J connectivity index is 1.90. The first-order chi connectivity index (χ1) is 11.5. The van der Waals surface area contributed by atoms with Crippen LogP contribution in [0.15, 0.2) is 24.3 Å². The number of benzene rings is 1. The fourth-order valence-corrected chi connectivity index (χ4v) is 2.90. The predicted octanol–water partition coefficient (Wildman–Crippen LogP) is 1.49. The molecule has 1 saturated heterocycles. The molecule has 132 valence electrons. The summed E-state index contributed by atoms with van der Waals surface area (Å²) in [5, 5.41) is 12.0. The molecule has 0 bridgehead atoms. The average Bonchev–Trinajstić information content (AvgIpc) is 2.61. The smallest absolute Gasteiger partial charge is 0.227 e. The number of aliphatic hydroxyl groups is 1. The van der Waals surface area contributed by atoms with E-state index in [1.165, 1.54) is 12.1 Å². The van der Waals surface area contributed by atoms with Crippen molar-refractivity contribution >= 4 is 11.8 Å². The molecule has 1 aromatic rings. The van der Waals surface area contributed by atoms with Crippen LogP contribution >= 0.6 is 0 Å². The van der Waals surface area contributed by atoms with Crippen molar-refractivity contribution in [1.82, 2.24) is 10.2 Å². The molecule has 24 heavy (non-hydrogen) atoms. The topological polar surface area (TPSA) is 69.6 Å². The van der Waals surface area contributed by atoms with Gasteiger partial charge in [0.15, 0.2) is 0 Å². The van der Waals surface area contributed by atoms with E-state index in [9.17, 15) is 19.1 Å². The molecule has 2 atom stereocenters. The molecule has 0 aliphatic carbocycles. The maximum atomic E-state index is 12.9. The maximum Gasteiger partial charge on any atom is 0.227 e. The van der Waals surface area contributed by atoms with Crippen molar-refractivity contribution in [3.8, 4) is 0 Å². The van der Waals surface area contributed by atoms with Gasteiger partial charge in [0.05, 0.1) is 25.0 Å². The van der Waals surface area contributed by atoms with E-state index < -0.39 is 0 Å². The number of likely N-dealkylation sites (tertiary alicyclic amines) is 1. The average molecular weight is 336 g/mol. The van der Waals surface area contributed by atoms with Crippen LogP contribution in [0.5, 0.6) is 0 Å². The Bertz CT molecular complexity index is 558. The molecular formula is C18H25FN2O3. The summed E-state index contributed by atoms with van der Waals surface area (Å²) in [6, 6.07) is 5.66. The summed E-state index contributed by atoms with van der Waals surface area (Å²) in [7, 11) is 0. The van der Waals surface area contributed by atoms with E-state index in [0.29, 0.717) is 19.5 Å². The highest BCUT2D eigenvalue weighted by Gasteiger charge is 2.29. The summed E-state index contributed by atoms with van der Waals surface area (Å²) in [5.74, 6) is -0.713. The number of amides is 2. The number of aliphatic hydroxyl groups excluding tert-OH is 1. The molecular weight excluding hydrogens is 311 g/mol. The standard InChI is InChI=1S/C18H25FN2O3/c1-2-16(12-22)20-18(24)14-4-3-9-21(11-14)17(23)10-13-5-7-15(19)8-6-13/h5-8,14,16,22H,2-4,9-12H2,1H3,(H,20,24)/t14?,16-/m1/s1. The van der Waals surface area contributed by atoms with E-state index in [2.05, 4.69) is 5.32 Å². The quantitative estimate of drug-likeness (QED) is 0.827. The van der Waals surface area contributed by atoms with Gasteiger partial charge in [-0.3, -0.25) is 9.59 Å². The minimum atomic E-state index is -0.324. The van der Waals surface area contributed by atoms with Crippen LogP contribution in [-0.4, -0.2) is 47.6 Å². The molecule has 0 spiro atoms. The van der Waals surface area contributed by atoms with E-state index >= 15 is 0 Å². The molecule has 0 saturated carbocycles. The number of halogens is 1. The number of nitrogens with one attached hydrogen (secondary N) is 1. The Hall–Kier alpha value is -1.95. The Morgan fingerprint density at radius 2 is 2.08 bits per heavy atom. The van der Waals surface area contributed by atoms with Gasteiger partial charge in [0, 0.05) is 13.1 Å². The number of piperidine rings is 1. The first-order valence-corrected chi connectivity index (χ1v) is 8.47. The molecule has 2 rings (SSSR count). The lowest BCUT2D eigenvalue weighted by atomic mass is 9.96. The fourth-order valence-electron chi connectivity index (χ4n) is 2.90. The third-order valence-corrected chi connectivity index (χ3v) is 4.47. The second kappa shape index (κ2) is 8.78. The first-order valence-electron chi connectivity index (χ1n) is 8.47. The molecule has 1 aromatic carbocycles. The van der Waals surface area contributed by atoms with Gasteiger partial charge < -0.3 is 15.3 Å². The van der Waals surface area contributed by atoms with E-state index in [-0.39, 0.29) is 42.6 Å². The molecule has 1 aliphatic rings. The van der Waals surface area contributed by atoms with Crippen molar-refractivity contribution < 1.29 is 19.1 Å². The van der Waals surface area contributed by atoms with Crippen LogP contribution in [0.2, 0.25) is 0 Å². The zero-order valence-electron chi connectivity index (χ0n) is 14.0. The number of carbonyl (C=O) groups excluding carboxylic acids is 2. The van der Waals surface area contributed by atoms with Gasteiger partial charge in [-0.15, -0.1) is 0 Å². The molecule has 1 heterocycles. The number of nitrogens with zero attached hydrogens (tertiary/aromatic N) is 1. The third-order valence-electron chi connectivity index (χ3n) is 4.47. The van der Waals surface area contributed by atoms with Crippen molar-refractivity contribution in [3.05, 3.63) is 35.6 Å². The minimum Gasteiger partial charge on any atom is -0.394 e. The summed E-state index contributed by atoms with van der Waals surface area (Å²) < 4.78 is 12.9. The highest BCUT2D eigenvalue weighted by molar-refractivity contribution is 5.82. The van der Waals surface area contributed by atoms with Crippen molar-refractivity contribution in [2.75, 3.05) is 19.7 Å². The zero-order chi connectivity index (χ0) is 17.5. The van der Waals surface area contributed by atoms with Crippen LogP contribution in [0.3, 0.4) is 0 Å². The highest BCUT2D eigenvalue weighted by atomic mass is 19.1. The van der Waals surface area contributed by atoms with Gasteiger partial charge >= 0.3 is 0 Å². The van der Waals surface area contributed by atoms with Crippen molar-refractivity contribution in [2.24, 2.45) is 5.92 Å². The SMILES string of the molecule is CC[C@H](CO)NC(=O)C1CCCN(C(=O)Cc2ccc(F)cc2)C1. The zero-order valence-corrected chi connectivity index (χ0v) is 14.0. The minimum absolute atomic E-state index is 0.0479. The monoisotopic (exact) mass is 336 g/mol. The summed E-state index contributed by atoms with van der Waals surface area (Å²) in [6.07, 6.45) is 2.40. The lowest BCUT2D eigenvalue weighted by Crippen LogP contribution is -2.48. The van der Waals surface area contributed by atoms with Crippen molar-refractivity contribution in [2.45, 2.75) is 38.6 Å². The summed E-state index contributed by atoms with van der Waals surface area (Å²) in [5.41, 5.74) is 0.763. The maximum absolute atomic E-state index is 12.9. The summed E-state index contributed by atoms with van der Waals surface area (Å²) >= 11 is 0. The summed E-state index contributed by atoms with van der Waals surface area (Å²) in [4.78, 5) is 26.4. The van der Waals surface area contributed by atoms with E-state index in [1.807, 2.05) is 6.92 Å². The Labute approximate surface area is 141 Å². The Morgan fingerprint density at radius 3 is 2.71 bits per heavy atom. The molecule has 2 amide bonds. The number of hydrogen-bond acceptors (Lipinski definition) is 3. The Morgan fingerprint density at radius 1 is 1.38 bits per heavy atom. The van der Waals surface area contributed by atoms with E-state index in [0.717, 1.165) is 18.4 Å². The van der Waals surface area contributed by atoms with Gasteiger partial charge in [-0.25, -0.2) is 4.39 Å². The fraction of sp³-hybridized carbons (Fsp3) is 0.556. The van der Waals surface area contributed by atoms with Gasteiger partial charge in [-0.05, 0) is 37.0 Å². The third kappa shape index (κ3) is 5.03. The van der Waals surface area contributed by atoms with Crippen LogP contribution in [0.1, 0.15) is 31.7 Å². The predicted molar refractivity (Wildman–Crippen MR) is 88.7 cm³/mol. The van der Waals surface area contributed by atoms with Crippen LogP contribution in [0.25, 0.3) is 0 Å². The van der Waals surface area contributed by atoms with Crippen molar-refractivity contribution in [1.29, 1.82) is 0 Å². The van der Waals surface area contributed by atoms with Gasteiger partial charge in [-0.1, -0.05) is 19.1 Å². The molecule has 6 heteroatoms. The number of carbonyl (C=O) groups is 2. The lowest BCUT2D eigenvalue weighted by molar-refractivity contribution is -0.135. The molecule has 5 nitrogen and oxygen atoms in total. The van der Waals surface area contributed by atoms with Gasteiger partial charge in [0.2, 0.25) is 11.8 Å². The van der Waals surface area contributed by atoms with Gasteiger partial charge in [-0.2, -0.15) is 0 Å². The molecule has 0 aromatic heterocycles. The van der Waals surface area contributed by atoms with E-state index in [1.54, 1.807) is 17.0 Å². The second-order valence-electron chi connectivity index (χ2n) is 6.28. The van der Waals surface area contributed by atoms with Gasteiger partial charge in [0.25, 0.3) is 0 Å². The number of rotatable bonds is 6. The largest absolute Gasteiger partial charge is 0.394 e.